The van der Waals surface area contributed by atoms with Crippen LogP contribution in [0.5, 0.6) is 5.75 Å². The summed E-state index contributed by atoms with van der Waals surface area (Å²) in [4.78, 5) is 7.00. The van der Waals surface area contributed by atoms with Crippen LogP contribution >= 0.6 is 0 Å². The van der Waals surface area contributed by atoms with Crippen LogP contribution in [-0.2, 0) is 6.18 Å². The fraction of sp³-hybridized carbons (Fsp3) is 0.263. The van der Waals surface area contributed by atoms with E-state index in [1.165, 1.54) is 12.1 Å². The molecule has 4 nitrogen and oxygen atoms in total. The third-order valence-electron chi connectivity index (χ3n) is 4.16. The van der Waals surface area contributed by atoms with Crippen molar-refractivity contribution in [3.8, 4) is 5.75 Å². The van der Waals surface area contributed by atoms with Crippen molar-refractivity contribution >= 4 is 16.6 Å². The standard InChI is InChI=1S/C19H16F3N3O/c1-12-9-15-17(7-6-16(23-3)18(15)19(20,21)22)25(12)13(2)11-26-14-5-4-8-24-10-14/h4-10,13H,11H2,1-2H3/t13-/m1/s1. The molecule has 0 N–H and O–H groups in total. The zero-order valence-electron chi connectivity index (χ0n) is 14.2. The second-order valence-electron chi connectivity index (χ2n) is 6.01. The third-order valence-corrected chi connectivity index (χ3v) is 4.16. The lowest BCUT2D eigenvalue weighted by atomic mass is 10.1. The van der Waals surface area contributed by atoms with E-state index in [2.05, 4.69) is 9.83 Å². The number of fused-ring (bicyclic) bond motifs is 1. The van der Waals surface area contributed by atoms with Crippen LogP contribution in [-0.4, -0.2) is 16.2 Å². The molecule has 0 aliphatic rings. The van der Waals surface area contributed by atoms with Gasteiger partial charge in [-0.3, -0.25) is 4.98 Å². The van der Waals surface area contributed by atoms with Crippen molar-refractivity contribution in [1.29, 1.82) is 0 Å². The van der Waals surface area contributed by atoms with Crippen LogP contribution in [0.1, 0.15) is 24.2 Å². The molecule has 0 aliphatic heterocycles. The second kappa shape index (κ2) is 6.71. The van der Waals surface area contributed by atoms with E-state index in [1.807, 2.05) is 6.92 Å². The number of benzene rings is 1. The lowest BCUT2D eigenvalue weighted by Crippen LogP contribution is -2.15. The minimum absolute atomic E-state index is 0.0386. The molecule has 3 aromatic rings. The Morgan fingerprint density at radius 3 is 2.69 bits per heavy atom. The van der Waals surface area contributed by atoms with Gasteiger partial charge in [-0.25, -0.2) is 4.85 Å². The van der Waals surface area contributed by atoms with Gasteiger partial charge in [-0.1, -0.05) is 6.07 Å². The summed E-state index contributed by atoms with van der Waals surface area (Å²) < 4.78 is 48.0. The van der Waals surface area contributed by atoms with Gasteiger partial charge in [0, 0.05) is 22.8 Å². The van der Waals surface area contributed by atoms with Gasteiger partial charge in [0.1, 0.15) is 12.4 Å². The SMILES string of the molecule is [C-]#[N+]c1ccc2c(cc(C)n2[C@H](C)COc2cccnc2)c1C(F)(F)F. The maximum atomic E-state index is 13.5. The van der Waals surface area contributed by atoms with Crippen molar-refractivity contribution in [2.75, 3.05) is 6.61 Å². The van der Waals surface area contributed by atoms with Gasteiger partial charge in [0.2, 0.25) is 0 Å². The smallest absolute Gasteiger partial charge is 0.408 e. The summed E-state index contributed by atoms with van der Waals surface area (Å²) in [6.45, 7) is 10.9. The molecule has 0 unspecified atom stereocenters. The van der Waals surface area contributed by atoms with Crippen molar-refractivity contribution < 1.29 is 17.9 Å². The quantitative estimate of drug-likeness (QED) is 0.572. The molecular weight excluding hydrogens is 343 g/mol. The van der Waals surface area contributed by atoms with Gasteiger partial charge < -0.3 is 9.30 Å². The van der Waals surface area contributed by atoms with Crippen LogP contribution in [0.2, 0.25) is 0 Å². The largest absolute Gasteiger partial charge is 0.490 e. The highest BCUT2D eigenvalue weighted by molar-refractivity contribution is 5.90. The Kier molecular flexibility index (Phi) is 4.60. The first kappa shape index (κ1) is 17.8. The number of alkyl halides is 3. The van der Waals surface area contributed by atoms with Crippen LogP contribution in [0, 0.1) is 13.5 Å². The number of hydrogen-bond acceptors (Lipinski definition) is 2. The minimum Gasteiger partial charge on any atom is -0.490 e. The molecule has 0 bridgehead atoms. The lowest BCUT2D eigenvalue weighted by Gasteiger charge is -2.19. The highest BCUT2D eigenvalue weighted by Crippen LogP contribution is 2.42. The van der Waals surface area contributed by atoms with Crippen LogP contribution in [0.25, 0.3) is 15.7 Å². The number of ether oxygens (including phenoxy) is 1. The Morgan fingerprint density at radius 1 is 1.31 bits per heavy atom. The highest BCUT2D eigenvalue weighted by Gasteiger charge is 2.36. The maximum Gasteiger partial charge on any atom is 0.408 e. The Hall–Kier alpha value is -3.01. The molecule has 134 valence electrons. The Morgan fingerprint density at radius 2 is 2.08 bits per heavy atom. The van der Waals surface area contributed by atoms with Crippen LogP contribution in [0.4, 0.5) is 18.9 Å². The zero-order chi connectivity index (χ0) is 18.9. The fourth-order valence-corrected chi connectivity index (χ4v) is 3.12. The van der Waals surface area contributed by atoms with Crippen LogP contribution in [0.15, 0.2) is 42.7 Å². The van der Waals surface area contributed by atoms with E-state index in [9.17, 15) is 13.2 Å². The second-order valence-corrected chi connectivity index (χ2v) is 6.01. The molecule has 0 amide bonds. The van der Waals surface area contributed by atoms with Gasteiger partial charge >= 0.3 is 6.18 Å². The molecule has 0 aliphatic carbocycles. The highest BCUT2D eigenvalue weighted by atomic mass is 19.4. The van der Waals surface area contributed by atoms with Gasteiger partial charge in [-0.2, -0.15) is 13.2 Å². The van der Waals surface area contributed by atoms with E-state index in [0.717, 1.165) is 0 Å². The van der Waals surface area contributed by atoms with Gasteiger partial charge in [0.05, 0.1) is 24.4 Å². The van der Waals surface area contributed by atoms with E-state index >= 15 is 0 Å². The van der Waals surface area contributed by atoms with E-state index in [-0.39, 0.29) is 23.7 Å². The summed E-state index contributed by atoms with van der Waals surface area (Å²) in [5, 5.41) is 0.0386. The van der Waals surface area contributed by atoms with Gasteiger partial charge in [0.15, 0.2) is 5.69 Å². The van der Waals surface area contributed by atoms with E-state index in [1.54, 1.807) is 42.1 Å². The Balaban J connectivity index is 2.02. The summed E-state index contributed by atoms with van der Waals surface area (Å²) in [5.41, 5.74) is -0.159. The molecule has 3 rings (SSSR count). The van der Waals surface area contributed by atoms with E-state index in [0.29, 0.717) is 17.0 Å². The summed E-state index contributed by atoms with van der Waals surface area (Å²) >= 11 is 0. The topological polar surface area (TPSA) is 31.4 Å². The molecule has 26 heavy (non-hydrogen) atoms. The third kappa shape index (κ3) is 3.23. The number of halogens is 3. The zero-order valence-corrected chi connectivity index (χ0v) is 14.2. The predicted molar refractivity (Wildman–Crippen MR) is 92.4 cm³/mol. The summed E-state index contributed by atoms with van der Waals surface area (Å²) in [7, 11) is 0. The Bertz CT molecular complexity index is 972. The van der Waals surface area contributed by atoms with Crippen molar-refractivity contribution in [2.24, 2.45) is 0 Å². The predicted octanol–water partition coefficient (Wildman–Crippen LogP) is 5.55. The molecule has 2 aromatic heterocycles. The number of nitrogens with zero attached hydrogens (tertiary/aromatic N) is 3. The average Bonchev–Trinajstić information content (AvgIpc) is 2.94. The van der Waals surface area contributed by atoms with Crippen LogP contribution in [0.3, 0.4) is 0 Å². The molecule has 2 heterocycles. The van der Waals surface area contributed by atoms with Crippen molar-refractivity contribution in [1.82, 2.24) is 9.55 Å². The number of pyridine rings is 1. The fourth-order valence-electron chi connectivity index (χ4n) is 3.12. The summed E-state index contributed by atoms with van der Waals surface area (Å²) in [6, 6.07) is 7.58. The first-order valence-electron chi connectivity index (χ1n) is 7.95. The molecule has 0 saturated carbocycles. The van der Waals surface area contributed by atoms with E-state index < -0.39 is 11.7 Å². The van der Waals surface area contributed by atoms with Crippen LogP contribution < -0.4 is 4.74 Å². The van der Waals surface area contributed by atoms with Crippen molar-refractivity contribution in [3.63, 3.8) is 0 Å². The molecular formula is C19H16F3N3O. The summed E-state index contributed by atoms with van der Waals surface area (Å²) in [5.74, 6) is 0.597. The lowest BCUT2D eigenvalue weighted by molar-refractivity contribution is -0.135. The number of aromatic nitrogens is 2. The molecule has 0 fully saturated rings. The van der Waals surface area contributed by atoms with Crippen molar-refractivity contribution in [3.05, 3.63) is 65.4 Å². The summed E-state index contributed by atoms with van der Waals surface area (Å²) in [6.07, 6.45) is -1.38. The average molecular weight is 359 g/mol. The van der Waals surface area contributed by atoms with Gasteiger partial charge in [-0.05, 0) is 38.1 Å². The first-order valence-corrected chi connectivity index (χ1v) is 7.95. The Labute approximate surface area is 148 Å². The molecule has 1 aromatic carbocycles. The van der Waals surface area contributed by atoms with Gasteiger partial charge in [-0.15, -0.1) is 0 Å². The molecule has 1 atom stereocenters. The minimum atomic E-state index is -4.59. The number of hydrogen-bond donors (Lipinski definition) is 0. The first-order chi connectivity index (χ1) is 12.3. The van der Waals surface area contributed by atoms with Crippen molar-refractivity contribution in [2.45, 2.75) is 26.1 Å². The molecule has 0 spiro atoms. The number of rotatable bonds is 4. The maximum absolute atomic E-state index is 13.5. The molecule has 0 saturated heterocycles. The normalized spacial score (nSPS) is 12.8. The number of aryl methyl sites for hydroxylation is 1. The molecule has 0 radical (unpaired) electrons. The van der Waals surface area contributed by atoms with Gasteiger partial charge in [0.25, 0.3) is 0 Å². The van der Waals surface area contributed by atoms with E-state index in [4.69, 9.17) is 11.3 Å². The molecule has 7 heteroatoms. The monoisotopic (exact) mass is 359 g/mol.